The minimum absolute atomic E-state index is 0.149. The molecule has 0 unspecified atom stereocenters. The van der Waals surface area contributed by atoms with E-state index < -0.39 is 5.91 Å². The lowest BCUT2D eigenvalue weighted by molar-refractivity contribution is 0.101. The molecule has 7 nitrogen and oxygen atoms in total. The Morgan fingerprint density at radius 1 is 1.33 bits per heavy atom. The summed E-state index contributed by atoms with van der Waals surface area (Å²) in [6.45, 7) is 8.33. The molecule has 7 heteroatoms. The molecule has 0 spiro atoms. The summed E-state index contributed by atoms with van der Waals surface area (Å²) in [5.41, 5.74) is 0.807. The summed E-state index contributed by atoms with van der Waals surface area (Å²) >= 11 is 0. The van der Waals surface area contributed by atoms with E-state index in [4.69, 9.17) is 9.26 Å². The van der Waals surface area contributed by atoms with Crippen molar-refractivity contribution < 1.29 is 14.1 Å². The summed E-state index contributed by atoms with van der Waals surface area (Å²) in [4.78, 5) is 19.9. The van der Waals surface area contributed by atoms with E-state index in [0.29, 0.717) is 12.5 Å². The number of carbonyl (C=O) groups is 1. The summed E-state index contributed by atoms with van der Waals surface area (Å²) in [5.74, 6) is 0.224. The first-order valence-electron chi connectivity index (χ1n) is 6.63. The third-order valence-corrected chi connectivity index (χ3v) is 2.68. The number of rotatable bonds is 4. The van der Waals surface area contributed by atoms with Crippen LogP contribution in [0.5, 0.6) is 5.88 Å². The van der Waals surface area contributed by atoms with Gasteiger partial charge in [0.2, 0.25) is 11.8 Å². The number of carbonyl (C=O) groups excluding carboxylic acids is 1. The van der Waals surface area contributed by atoms with Gasteiger partial charge >= 0.3 is 0 Å². The lowest BCUT2D eigenvalue weighted by atomic mass is 9.92. The molecule has 0 radical (unpaired) electrons. The Labute approximate surface area is 122 Å². The van der Waals surface area contributed by atoms with Gasteiger partial charge in [0.05, 0.1) is 12.3 Å². The van der Waals surface area contributed by atoms with Crippen LogP contribution in [0.1, 0.15) is 43.9 Å². The summed E-state index contributed by atoms with van der Waals surface area (Å²) < 4.78 is 10.3. The molecule has 0 aromatic carbocycles. The molecule has 0 aliphatic carbocycles. The fraction of sp³-hybridized carbons (Fsp3) is 0.429. The third-order valence-electron chi connectivity index (χ3n) is 2.68. The van der Waals surface area contributed by atoms with Gasteiger partial charge in [0.15, 0.2) is 0 Å². The van der Waals surface area contributed by atoms with Crippen LogP contribution in [-0.2, 0) is 5.41 Å². The number of nitrogens with one attached hydrogen (secondary N) is 1. The predicted octanol–water partition coefficient (Wildman–Crippen LogP) is 2.41. The van der Waals surface area contributed by atoms with Gasteiger partial charge in [-0.2, -0.15) is 0 Å². The van der Waals surface area contributed by atoms with E-state index in [9.17, 15) is 4.79 Å². The lowest BCUT2D eigenvalue weighted by Gasteiger charge is -2.12. The smallest absolute Gasteiger partial charge is 0.276 e. The maximum atomic E-state index is 12.1. The molecular weight excluding hydrogens is 272 g/mol. The highest BCUT2D eigenvalue weighted by Gasteiger charge is 2.20. The zero-order valence-electron chi connectivity index (χ0n) is 12.5. The molecular formula is C14H18N4O3. The number of nitrogens with zero attached hydrogens (tertiary/aromatic N) is 3. The van der Waals surface area contributed by atoms with E-state index in [1.807, 2.05) is 27.7 Å². The molecule has 0 saturated carbocycles. The van der Waals surface area contributed by atoms with E-state index in [2.05, 4.69) is 20.4 Å². The van der Waals surface area contributed by atoms with Crippen LogP contribution in [0, 0.1) is 0 Å². The maximum absolute atomic E-state index is 12.1. The van der Waals surface area contributed by atoms with Crippen molar-refractivity contribution in [2.75, 3.05) is 11.9 Å². The van der Waals surface area contributed by atoms with E-state index in [0.717, 1.165) is 5.69 Å². The Morgan fingerprint density at radius 2 is 2.10 bits per heavy atom. The summed E-state index contributed by atoms with van der Waals surface area (Å²) in [6, 6.07) is 3.17. The highest BCUT2D eigenvalue weighted by molar-refractivity contribution is 6.02. The Hall–Kier alpha value is -2.44. The fourth-order valence-electron chi connectivity index (χ4n) is 1.55. The van der Waals surface area contributed by atoms with Gasteiger partial charge in [-0.3, -0.25) is 10.1 Å². The molecule has 0 bridgehead atoms. The Balaban J connectivity index is 2.11. The standard InChI is InChI=1S/C14H18N4O3/c1-5-20-11-6-9(15-8-16-11)13(19)17-12-7-10(18-21-12)14(2,3)4/h6-8H,5H2,1-4H3,(H,17,19). The van der Waals surface area contributed by atoms with Crippen LogP contribution >= 0.6 is 0 Å². The van der Waals surface area contributed by atoms with Gasteiger partial charge in [-0.25, -0.2) is 9.97 Å². The first-order chi connectivity index (χ1) is 9.90. The number of hydrogen-bond donors (Lipinski definition) is 1. The van der Waals surface area contributed by atoms with Crippen LogP contribution in [0.4, 0.5) is 5.88 Å². The molecule has 0 aliphatic heterocycles. The second-order valence-electron chi connectivity index (χ2n) is 5.46. The van der Waals surface area contributed by atoms with Crippen LogP contribution in [-0.4, -0.2) is 27.6 Å². The number of hydrogen-bond acceptors (Lipinski definition) is 6. The van der Waals surface area contributed by atoms with Crippen LogP contribution < -0.4 is 10.1 Å². The number of ether oxygens (including phenoxy) is 1. The van der Waals surface area contributed by atoms with Crippen molar-refractivity contribution >= 4 is 11.8 Å². The molecule has 1 N–H and O–H groups in total. The summed E-state index contributed by atoms with van der Waals surface area (Å²) in [6.07, 6.45) is 1.28. The predicted molar refractivity (Wildman–Crippen MR) is 76.4 cm³/mol. The highest BCUT2D eigenvalue weighted by atomic mass is 16.5. The Morgan fingerprint density at radius 3 is 2.71 bits per heavy atom. The molecule has 0 aliphatic rings. The van der Waals surface area contributed by atoms with Crippen LogP contribution in [0.15, 0.2) is 23.0 Å². The average molecular weight is 290 g/mol. The van der Waals surface area contributed by atoms with Gasteiger partial charge in [0.1, 0.15) is 12.0 Å². The van der Waals surface area contributed by atoms with Crippen molar-refractivity contribution in [3.63, 3.8) is 0 Å². The summed E-state index contributed by atoms with van der Waals surface area (Å²) in [5, 5.41) is 6.54. The minimum Gasteiger partial charge on any atom is -0.478 e. The molecule has 112 valence electrons. The summed E-state index contributed by atoms with van der Waals surface area (Å²) in [7, 11) is 0. The number of aromatic nitrogens is 3. The van der Waals surface area contributed by atoms with E-state index in [1.54, 1.807) is 6.07 Å². The first kappa shape index (κ1) is 15.0. The SMILES string of the molecule is CCOc1cc(C(=O)Nc2cc(C(C)(C)C)no2)ncn1. The van der Waals surface area contributed by atoms with Gasteiger partial charge in [-0.05, 0) is 6.92 Å². The van der Waals surface area contributed by atoms with Crippen molar-refractivity contribution in [1.82, 2.24) is 15.1 Å². The lowest BCUT2D eigenvalue weighted by Crippen LogP contribution is -2.14. The molecule has 0 saturated heterocycles. The van der Waals surface area contributed by atoms with Crippen molar-refractivity contribution in [3.05, 3.63) is 29.8 Å². The molecule has 2 heterocycles. The quantitative estimate of drug-likeness (QED) is 0.930. The minimum atomic E-state index is -0.407. The largest absolute Gasteiger partial charge is 0.478 e. The highest BCUT2D eigenvalue weighted by Crippen LogP contribution is 2.23. The third kappa shape index (κ3) is 3.77. The monoisotopic (exact) mass is 290 g/mol. The second-order valence-corrected chi connectivity index (χ2v) is 5.46. The molecule has 1 amide bonds. The molecule has 2 aromatic heterocycles. The maximum Gasteiger partial charge on any atom is 0.276 e. The van der Waals surface area contributed by atoms with Gasteiger partial charge in [-0.15, -0.1) is 0 Å². The molecule has 0 fully saturated rings. The molecule has 2 aromatic rings. The van der Waals surface area contributed by atoms with Gasteiger partial charge < -0.3 is 9.26 Å². The van der Waals surface area contributed by atoms with Crippen molar-refractivity contribution in [2.45, 2.75) is 33.1 Å². The van der Waals surface area contributed by atoms with Crippen LogP contribution in [0.2, 0.25) is 0 Å². The van der Waals surface area contributed by atoms with Crippen molar-refractivity contribution in [3.8, 4) is 5.88 Å². The number of anilines is 1. The molecule has 0 atom stereocenters. The van der Waals surface area contributed by atoms with Crippen molar-refractivity contribution in [2.24, 2.45) is 0 Å². The second kappa shape index (κ2) is 5.90. The van der Waals surface area contributed by atoms with Gasteiger partial charge in [0.25, 0.3) is 5.91 Å². The topological polar surface area (TPSA) is 90.1 Å². The number of amides is 1. The molecule has 2 rings (SSSR count). The van der Waals surface area contributed by atoms with Gasteiger partial charge in [0, 0.05) is 17.5 Å². The van der Waals surface area contributed by atoms with E-state index >= 15 is 0 Å². The normalized spacial score (nSPS) is 11.2. The zero-order chi connectivity index (χ0) is 15.5. The zero-order valence-corrected chi connectivity index (χ0v) is 12.5. The van der Waals surface area contributed by atoms with Crippen molar-refractivity contribution in [1.29, 1.82) is 0 Å². The van der Waals surface area contributed by atoms with Crippen LogP contribution in [0.3, 0.4) is 0 Å². The average Bonchev–Trinajstić information content (AvgIpc) is 2.88. The molecule has 21 heavy (non-hydrogen) atoms. The van der Waals surface area contributed by atoms with E-state index in [-0.39, 0.29) is 17.0 Å². The van der Waals surface area contributed by atoms with Gasteiger partial charge in [-0.1, -0.05) is 25.9 Å². The Kier molecular flexibility index (Phi) is 4.21. The first-order valence-corrected chi connectivity index (χ1v) is 6.63. The van der Waals surface area contributed by atoms with Crippen LogP contribution in [0.25, 0.3) is 0 Å². The van der Waals surface area contributed by atoms with E-state index in [1.165, 1.54) is 12.4 Å². The Bertz CT molecular complexity index is 631. The fourth-order valence-corrected chi connectivity index (χ4v) is 1.55.